The average molecular weight is 386 g/mol. The van der Waals surface area contributed by atoms with Gasteiger partial charge in [-0.15, -0.1) is 0 Å². The van der Waals surface area contributed by atoms with Crippen LogP contribution in [0.3, 0.4) is 0 Å². The number of aromatic nitrogens is 2. The summed E-state index contributed by atoms with van der Waals surface area (Å²) in [6.07, 6.45) is 8.21. The molecule has 3 aliphatic rings. The zero-order valence-electron chi connectivity index (χ0n) is 17.1. The van der Waals surface area contributed by atoms with Crippen LogP contribution in [0.1, 0.15) is 69.1 Å². The molecule has 2 fully saturated rings. The Bertz CT molecular complexity index is 752. The lowest BCUT2D eigenvalue weighted by molar-refractivity contribution is -0.134. The van der Waals surface area contributed by atoms with Gasteiger partial charge in [-0.05, 0) is 39.2 Å². The third-order valence-corrected chi connectivity index (χ3v) is 6.54. The molecule has 2 amide bonds. The molecule has 0 radical (unpaired) electrons. The second kappa shape index (κ2) is 8.15. The molecule has 4 heterocycles. The molecule has 2 saturated heterocycles. The molecule has 1 aromatic heterocycles. The predicted molar refractivity (Wildman–Crippen MR) is 105 cm³/mol. The summed E-state index contributed by atoms with van der Waals surface area (Å²) in [4.78, 5) is 40.2. The number of rotatable bonds is 3. The number of amides is 2. The Morgan fingerprint density at radius 1 is 1.14 bits per heavy atom. The molecule has 4 rings (SSSR count). The largest absolute Gasteiger partial charge is 0.337 e. The number of hydrogen-bond donors (Lipinski definition) is 0. The first-order valence-corrected chi connectivity index (χ1v) is 10.7. The van der Waals surface area contributed by atoms with Crippen molar-refractivity contribution in [2.24, 2.45) is 0 Å². The first kappa shape index (κ1) is 19.3. The lowest BCUT2D eigenvalue weighted by atomic mass is 10.0. The molecule has 7 nitrogen and oxygen atoms in total. The van der Waals surface area contributed by atoms with Gasteiger partial charge < -0.3 is 9.80 Å². The summed E-state index contributed by atoms with van der Waals surface area (Å²) < 4.78 is 0. The van der Waals surface area contributed by atoms with Crippen LogP contribution in [0, 0.1) is 0 Å². The SMILES string of the molecule is CC(=O)N1CCCC1c1ncc2c(n1)CCN(C(=O)CN1CCCCC1C)C2. The van der Waals surface area contributed by atoms with Crippen LogP contribution < -0.4 is 0 Å². The minimum atomic E-state index is 0.00282. The summed E-state index contributed by atoms with van der Waals surface area (Å²) in [5.74, 6) is 1.06. The second-order valence-corrected chi connectivity index (χ2v) is 8.45. The van der Waals surface area contributed by atoms with Crippen LogP contribution in [-0.2, 0) is 22.6 Å². The Morgan fingerprint density at radius 2 is 2.00 bits per heavy atom. The molecule has 0 bridgehead atoms. The van der Waals surface area contributed by atoms with Crippen molar-refractivity contribution in [2.45, 2.75) is 71.0 Å². The van der Waals surface area contributed by atoms with Gasteiger partial charge in [0.2, 0.25) is 11.8 Å². The Hall–Kier alpha value is -2.02. The fourth-order valence-electron chi connectivity index (χ4n) is 4.78. The van der Waals surface area contributed by atoms with E-state index < -0.39 is 0 Å². The molecular weight excluding hydrogens is 354 g/mol. The first-order chi connectivity index (χ1) is 13.5. The van der Waals surface area contributed by atoms with Gasteiger partial charge in [0, 0.05) is 50.8 Å². The number of hydrogen-bond acceptors (Lipinski definition) is 5. The maximum atomic E-state index is 12.8. The van der Waals surface area contributed by atoms with Crippen molar-refractivity contribution in [1.29, 1.82) is 0 Å². The fourth-order valence-corrected chi connectivity index (χ4v) is 4.78. The number of piperidine rings is 1. The van der Waals surface area contributed by atoms with E-state index in [0.717, 1.165) is 49.4 Å². The van der Waals surface area contributed by atoms with E-state index in [0.29, 0.717) is 25.7 Å². The van der Waals surface area contributed by atoms with Gasteiger partial charge >= 0.3 is 0 Å². The number of nitrogens with zero attached hydrogens (tertiary/aromatic N) is 5. The minimum Gasteiger partial charge on any atom is -0.337 e. The second-order valence-electron chi connectivity index (χ2n) is 8.45. The zero-order chi connectivity index (χ0) is 19.7. The highest BCUT2D eigenvalue weighted by atomic mass is 16.2. The lowest BCUT2D eigenvalue weighted by Gasteiger charge is -2.35. The lowest BCUT2D eigenvalue weighted by Crippen LogP contribution is -2.47. The van der Waals surface area contributed by atoms with E-state index in [2.05, 4.69) is 16.8 Å². The monoisotopic (exact) mass is 385 g/mol. The number of likely N-dealkylation sites (tertiary alicyclic amines) is 2. The van der Waals surface area contributed by atoms with Gasteiger partial charge in [-0.3, -0.25) is 14.5 Å². The molecule has 152 valence electrons. The third-order valence-electron chi connectivity index (χ3n) is 6.54. The van der Waals surface area contributed by atoms with Crippen molar-refractivity contribution in [1.82, 2.24) is 24.7 Å². The van der Waals surface area contributed by atoms with Crippen LogP contribution in [0.15, 0.2) is 6.20 Å². The molecular formula is C21H31N5O2. The van der Waals surface area contributed by atoms with Gasteiger partial charge in [-0.2, -0.15) is 0 Å². The number of fused-ring (bicyclic) bond motifs is 1. The molecule has 3 aliphatic heterocycles. The quantitative estimate of drug-likeness (QED) is 0.795. The molecule has 0 saturated carbocycles. The van der Waals surface area contributed by atoms with Gasteiger partial charge in [0.05, 0.1) is 18.3 Å². The number of carbonyl (C=O) groups is 2. The van der Waals surface area contributed by atoms with Crippen LogP contribution in [-0.4, -0.2) is 68.7 Å². The first-order valence-electron chi connectivity index (χ1n) is 10.7. The Morgan fingerprint density at radius 3 is 2.79 bits per heavy atom. The van der Waals surface area contributed by atoms with Gasteiger partial charge in [-0.25, -0.2) is 9.97 Å². The Balaban J connectivity index is 1.42. The predicted octanol–water partition coefficient (Wildman–Crippen LogP) is 1.92. The van der Waals surface area contributed by atoms with Gasteiger partial charge in [0.1, 0.15) is 0 Å². The van der Waals surface area contributed by atoms with Gasteiger partial charge in [0.15, 0.2) is 5.82 Å². The highest BCUT2D eigenvalue weighted by Gasteiger charge is 2.32. The van der Waals surface area contributed by atoms with Crippen molar-refractivity contribution in [3.63, 3.8) is 0 Å². The molecule has 1 aromatic rings. The summed E-state index contributed by atoms with van der Waals surface area (Å²) in [5.41, 5.74) is 2.08. The molecule has 0 spiro atoms. The van der Waals surface area contributed by atoms with Crippen molar-refractivity contribution < 1.29 is 9.59 Å². The molecule has 0 aromatic carbocycles. The molecule has 28 heavy (non-hydrogen) atoms. The van der Waals surface area contributed by atoms with Crippen molar-refractivity contribution in [2.75, 3.05) is 26.2 Å². The van der Waals surface area contributed by atoms with E-state index in [4.69, 9.17) is 4.98 Å². The van der Waals surface area contributed by atoms with Crippen LogP contribution in [0.25, 0.3) is 0 Å². The van der Waals surface area contributed by atoms with Crippen LogP contribution in [0.5, 0.6) is 0 Å². The van der Waals surface area contributed by atoms with E-state index in [-0.39, 0.29) is 17.9 Å². The van der Waals surface area contributed by atoms with E-state index >= 15 is 0 Å². The fraction of sp³-hybridized carbons (Fsp3) is 0.714. The normalized spacial score (nSPS) is 25.6. The van der Waals surface area contributed by atoms with Gasteiger partial charge in [0.25, 0.3) is 0 Å². The van der Waals surface area contributed by atoms with Crippen molar-refractivity contribution in [3.8, 4) is 0 Å². The maximum Gasteiger partial charge on any atom is 0.237 e. The summed E-state index contributed by atoms with van der Waals surface area (Å²) in [5, 5.41) is 0. The molecule has 2 unspecified atom stereocenters. The van der Waals surface area contributed by atoms with Crippen LogP contribution in [0.2, 0.25) is 0 Å². The van der Waals surface area contributed by atoms with E-state index in [1.807, 2.05) is 16.0 Å². The summed E-state index contributed by atoms with van der Waals surface area (Å²) in [6.45, 7) is 7.48. The maximum absolute atomic E-state index is 12.8. The van der Waals surface area contributed by atoms with E-state index in [9.17, 15) is 9.59 Å². The summed E-state index contributed by atoms with van der Waals surface area (Å²) in [7, 11) is 0. The molecule has 7 heteroatoms. The Kier molecular flexibility index (Phi) is 5.62. The topological polar surface area (TPSA) is 69.6 Å². The van der Waals surface area contributed by atoms with Crippen LogP contribution in [0.4, 0.5) is 0 Å². The van der Waals surface area contributed by atoms with Gasteiger partial charge in [-0.1, -0.05) is 6.42 Å². The van der Waals surface area contributed by atoms with E-state index in [1.165, 1.54) is 19.3 Å². The number of carbonyl (C=O) groups excluding carboxylic acids is 2. The third kappa shape index (κ3) is 3.90. The summed E-state index contributed by atoms with van der Waals surface area (Å²) in [6, 6.07) is 0.499. The molecule has 2 atom stereocenters. The van der Waals surface area contributed by atoms with E-state index in [1.54, 1.807) is 6.92 Å². The minimum absolute atomic E-state index is 0.00282. The van der Waals surface area contributed by atoms with Crippen LogP contribution >= 0.6 is 0 Å². The summed E-state index contributed by atoms with van der Waals surface area (Å²) >= 11 is 0. The highest BCUT2D eigenvalue weighted by molar-refractivity contribution is 5.78. The van der Waals surface area contributed by atoms with Crippen molar-refractivity contribution in [3.05, 3.63) is 23.3 Å². The van der Waals surface area contributed by atoms with Crippen molar-refractivity contribution >= 4 is 11.8 Å². The standard InChI is InChI=1S/C21H31N5O2/c1-15-6-3-4-9-24(15)14-20(28)25-11-8-18-17(13-25)12-22-21(23-18)19-7-5-10-26(19)16(2)27/h12,15,19H,3-11,13-14H2,1-2H3. The smallest absolute Gasteiger partial charge is 0.237 e. The zero-order valence-corrected chi connectivity index (χ0v) is 17.1. The molecule has 0 N–H and O–H groups in total. The molecule has 0 aliphatic carbocycles. The Labute approximate surface area is 167 Å². The highest BCUT2D eigenvalue weighted by Crippen LogP contribution is 2.30. The average Bonchev–Trinajstić information content (AvgIpc) is 3.19.